The molecule has 8 aliphatic heterocycles. The molecule has 14 aliphatic rings. The van der Waals surface area contributed by atoms with Crippen molar-refractivity contribution in [3.8, 4) is 23.5 Å². The van der Waals surface area contributed by atoms with Crippen LogP contribution in [-0.2, 0) is 35.3 Å². The second-order valence-electron chi connectivity index (χ2n) is 30.6. The lowest BCUT2D eigenvalue weighted by Crippen LogP contribution is -2.60. The summed E-state index contributed by atoms with van der Waals surface area (Å²) in [4.78, 5) is 34.6. The average molecular weight is 1310 g/mol. The van der Waals surface area contributed by atoms with Crippen molar-refractivity contribution >= 4 is 44.7 Å². The van der Waals surface area contributed by atoms with Crippen molar-refractivity contribution in [1.29, 1.82) is 0 Å². The number of aliphatic imine (C=N–C) groups is 1. The van der Waals surface area contributed by atoms with Crippen LogP contribution in [0.15, 0.2) is 125 Å². The van der Waals surface area contributed by atoms with E-state index in [1.54, 1.807) is 17.7 Å². The zero-order valence-corrected chi connectivity index (χ0v) is 56.4. The molecule has 0 aromatic heterocycles. The van der Waals surface area contributed by atoms with Crippen LogP contribution in [0.4, 0.5) is 0 Å². The quantitative estimate of drug-likeness (QED) is 0.0416. The van der Waals surface area contributed by atoms with Crippen LogP contribution in [-0.4, -0.2) is 114 Å². The molecular weight excluding hydrogens is 1210 g/mol. The number of rotatable bonds is 9. The summed E-state index contributed by atoms with van der Waals surface area (Å²) < 4.78 is 5.73. The van der Waals surface area contributed by atoms with Gasteiger partial charge in [-0.2, -0.15) is 4.99 Å². The highest BCUT2D eigenvalue weighted by Crippen LogP contribution is 2.80. The molecule has 6 saturated carbocycles. The zero-order chi connectivity index (χ0) is 64.3. The number of piperidine rings is 1. The maximum absolute atomic E-state index is 15.0. The molecule has 7 bridgehead atoms. The van der Waals surface area contributed by atoms with E-state index >= 15 is 0 Å². The van der Waals surface area contributed by atoms with Crippen molar-refractivity contribution in [2.45, 2.75) is 165 Å². The number of ketones is 2. The molecule has 498 valence electrons. The Balaban J connectivity index is 0.891. The van der Waals surface area contributed by atoms with Gasteiger partial charge in [0.2, 0.25) is 5.96 Å². The molecule has 2 spiro atoms. The number of carbonyl (C=O) groups excluding carboxylic acids is 2. The van der Waals surface area contributed by atoms with Crippen LogP contribution in [0.3, 0.4) is 0 Å². The second-order valence-corrected chi connectivity index (χ2v) is 33.1. The summed E-state index contributed by atoms with van der Waals surface area (Å²) in [6.07, 6.45) is 26.6. The highest BCUT2D eigenvalue weighted by molar-refractivity contribution is 8.76. The summed E-state index contributed by atoms with van der Waals surface area (Å²) in [5.41, 5.74) is 24.1. The number of ether oxygens (including phenoxy) is 1. The van der Waals surface area contributed by atoms with E-state index in [9.17, 15) is 24.9 Å². The molecule has 6 aliphatic carbocycles. The highest BCUT2D eigenvalue weighted by Gasteiger charge is 2.76. The van der Waals surface area contributed by atoms with Crippen LogP contribution in [0.5, 0.6) is 11.5 Å². The number of guanidine groups is 1. The number of fused-ring (bicyclic) bond motifs is 10. The number of carbonyl (C=O) groups is 2. The van der Waals surface area contributed by atoms with E-state index in [-0.39, 0.29) is 81.6 Å². The van der Waals surface area contributed by atoms with Gasteiger partial charge in [0.15, 0.2) is 17.3 Å². The Hall–Kier alpha value is -5.61. The smallest absolute Gasteiger partial charge is 0.202 e. The average Bonchev–Trinajstić information content (AvgIpc) is 1.48. The minimum absolute atomic E-state index is 0.0489. The number of allylic oxidation sites excluding steroid dienone is 3. The number of nitrogens with zero attached hydrogens (tertiary/aromatic N) is 1. The Bertz CT molecular complexity index is 3650. The maximum Gasteiger partial charge on any atom is 0.202 e. The van der Waals surface area contributed by atoms with E-state index in [0.717, 1.165) is 126 Å². The molecule has 3 aromatic rings. The Labute approximate surface area is 564 Å². The molecule has 7 fully saturated rings. The van der Waals surface area contributed by atoms with E-state index in [0.29, 0.717) is 89.2 Å². The Morgan fingerprint density at radius 3 is 2.67 bits per heavy atom. The van der Waals surface area contributed by atoms with Gasteiger partial charge in [0, 0.05) is 72.1 Å². The second kappa shape index (κ2) is 27.0. The van der Waals surface area contributed by atoms with Crippen LogP contribution in [0.25, 0.3) is 5.57 Å². The Kier molecular flexibility index (Phi) is 18.5. The fourth-order valence-corrected chi connectivity index (χ4v) is 25.4. The lowest BCUT2D eigenvalue weighted by molar-refractivity contribution is -0.126. The number of dihydropyridines is 1. The molecule has 3 aromatic carbocycles. The first kappa shape index (κ1) is 64.4. The number of aliphatic hydroxyl groups excluding tert-OH is 2. The normalized spacial score (nSPS) is 37.8. The first-order chi connectivity index (χ1) is 45.8. The van der Waals surface area contributed by atoms with Crippen LogP contribution in [0.2, 0.25) is 0 Å². The predicted molar refractivity (Wildman–Crippen MR) is 376 cm³/mol. The number of methoxy groups -OCH3 is 1. The van der Waals surface area contributed by atoms with Crippen molar-refractivity contribution in [1.82, 2.24) is 26.6 Å². The number of aliphatic hydroxyl groups is 2. The SMILES string of the molecule is COc1cc2c(cc1O)CC1=CNC(N)C=C1C(Cc1cccc(CCc3ccccc3)c1)C1C#CN=C(N)NC3CC4=C5CCCC(O)C5NC5CC6(CC7C8CCNCC8CC8C=CCNC87)CC(CCC6C56CCC(C3)C46CSSC1)CC(=O)CC(=O)C=C2CO. The maximum atomic E-state index is 15.0. The molecule has 0 amide bonds. The summed E-state index contributed by atoms with van der Waals surface area (Å²) >= 11 is 0. The van der Waals surface area contributed by atoms with Crippen molar-refractivity contribution < 1.29 is 29.6 Å². The van der Waals surface area contributed by atoms with Crippen LogP contribution >= 0.6 is 21.6 Å². The molecule has 8 heterocycles. The van der Waals surface area contributed by atoms with Gasteiger partial charge in [-0.3, -0.25) is 9.59 Å². The third kappa shape index (κ3) is 12.0. The number of aromatic hydroxyl groups is 1. The number of benzene rings is 3. The van der Waals surface area contributed by atoms with Crippen molar-refractivity contribution in [2.24, 2.45) is 86.0 Å². The van der Waals surface area contributed by atoms with Crippen LogP contribution in [0.1, 0.15) is 131 Å². The largest absolute Gasteiger partial charge is 0.504 e. The zero-order valence-electron chi connectivity index (χ0n) is 54.8. The lowest BCUT2D eigenvalue weighted by atomic mass is 9.46. The van der Waals surface area contributed by atoms with Crippen molar-refractivity contribution in [3.05, 3.63) is 147 Å². The fourth-order valence-electron chi connectivity index (χ4n) is 22.4. The number of nitrogens with one attached hydrogen (secondary N) is 5. The van der Waals surface area contributed by atoms with E-state index < -0.39 is 18.9 Å². The minimum atomic E-state index is -0.515. The number of Topliss-reactive ketones (excluding diaryl/α,β-unsaturated/α-hetero) is 1. The molecule has 16 heteroatoms. The lowest BCUT2D eigenvalue weighted by Gasteiger charge is -2.60. The molecule has 18 atom stereocenters. The van der Waals surface area contributed by atoms with Gasteiger partial charge in [-0.1, -0.05) is 105 Å². The summed E-state index contributed by atoms with van der Waals surface area (Å²) in [6, 6.07) is 26.8. The van der Waals surface area contributed by atoms with Crippen LogP contribution in [0, 0.1) is 81.5 Å². The van der Waals surface area contributed by atoms with Crippen molar-refractivity contribution in [3.63, 3.8) is 0 Å². The minimum Gasteiger partial charge on any atom is -0.504 e. The van der Waals surface area contributed by atoms with Gasteiger partial charge in [0.25, 0.3) is 0 Å². The molecule has 18 unspecified atom stereocenters. The molecule has 12 N–H and O–H groups in total. The summed E-state index contributed by atoms with van der Waals surface area (Å²) in [7, 11) is 5.54. The first-order valence-electron chi connectivity index (χ1n) is 35.7. The number of phenolic OH excluding ortho intramolecular Hbond substituents is 1. The highest BCUT2D eigenvalue weighted by atomic mass is 33.1. The third-order valence-corrected chi connectivity index (χ3v) is 28.3. The summed E-state index contributed by atoms with van der Waals surface area (Å²) in [5.74, 6) is 8.08. The monoisotopic (exact) mass is 1310 g/mol. The predicted octanol–water partition coefficient (Wildman–Crippen LogP) is 9.78. The van der Waals surface area contributed by atoms with E-state index in [1.165, 1.54) is 48.3 Å². The third-order valence-electron chi connectivity index (χ3n) is 25.8. The van der Waals surface area contributed by atoms with Gasteiger partial charge in [0.05, 0.1) is 38.4 Å². The van der Waals surface area contributed by atoms with Crippen molar-refractivity contribution in [2.75, 3.05) is 44.9 Å². The number of hydrogen-bond acceptors (Lipinski definition) is 16. The standard InChI is InChI=1S/C78H98N8O6S2/c1-92-69-36-62-52(32-68(69)91)30-54-42-84-72(79)37-64(54)63(28-48-11-5-10-47(26-48)16-15-46-8-3-2-4-9-46)51-20-25-83-75(80)85-57-33-56-19-22-77-70-18-17-49(27-58(88)35-59(89)31-55(62)43-87)38-76(70,39-65-60-21-24-81-41-53(60)29-50-12-7-23-82-73(50)65)40-71(77)86-74-61(13-6-14-67(74)90)66(34-57)78(56,77)45-94-93-44-51/h2-5,7-12,26,31-32,36-37,42,49-51,53,56-57,60,63,65,67,70-74,81-82,84,86-87,90-91H,6,13-19,21-24,27-30,33-35,38-41,43-45,79H2,1H3,(H3,80,83,85). The first-order valence-corrected chi connectivity index (χ1v) is 38.2. The van der Waals surface area contributed by atoms with Gasteiger partial charge in [0.1, 0.15) is 5.78 Å². The van der Waals surface area contributed by atoms with E-state index in [4.69, 9.17) is 21.2 Å². The summed E-state index contributed by atoms with van der Waals surface area (Å²) in [6.45, 7) is 2.53. The van der Waals surface area contributed by atoms with E-state index in [2.05, 4.69) is 122 Å². The molecular formula is C78H98N8O6S2. The van der Waals surface area contributed by atoms with Gasteiger partial charge in [-0.15, -0.1) is 0 Å². The van der Waals surface area contributed by atoms with Crippen LogP contribution < -0.4 is 42.8 Å². The van der Waals surface area contributed by atoms with Gasteiger partial charge in [-0.05, 0) is 250 Å². The fraction of sp³-hybridized carbons (Fsp3) is 0.577. The number of hydrogen-bond donors (Lipinski definition) is 10. The summed E-state index contributed by atoms with van der Waals surface area (Å²) in [5, 5.41) is 55.4. The Morgan fingerprint density at radius 2 is 1.80 bits per heavy atom. The van der Waals surface area contributed by atoms with Gasteiger partial charge >= 0.3 is 0 Å². The topological polar surface area (TPSA) is 229 Å². The van der Waals surface area contributed by atoms with Gasteiger partial charge in [-0.25, -0.2) is 0 Å². The molecule has 0 radical (unpaired) electrons. The molecule has 1 saturated heterocycles. The molecule has 14 nitrogen and oxygen atoms in total. The Morgan fingerprint density at radius 1 is 0.936 bits per heavy atom. The molecule has 17 rings (SSSR count). The number of nitrogens with two attached hydrogens (primary N) is 2. The number of phenols is 1. The number of aryl methyl sites for hydroxylation is 2. The van der Waals surface area contributed by atoms with E-state index in [1.807, 2.05) is 17.0 Å². The molecule has 94 heavy (non-hydrogen) atoms. The van der Waals surface area contributed by atoms with Gasteiger partial charge < -0.3 is 58.1 Å².